The summed E-state index contributed by atoms with van der Waals surface area (Å²) in [7, 11) is 0. The SMILES string of the molecule is Cc1cc(C)c(C)c(C2=NOC(c3ccccc3)(C(F)(F)F)N2C(=O)O/N=C(\Cl)c2c(C)c(C)cc(C)c2C)c1C. The second kappa shape index (κ2) is 10.9. The molecular weight excluding hydrogens is 555 g/mol. The smallest absolute Gasteiger partial charge is 0.349 e. The van der Waals surface area contributed by atoms with Crippen molar-refractivity contribution in [2.24, 2.45) is 10.3 Å². The molecule has 0 aromatic heterocycles. The number of alkyl halides is 3. The monoisotopic (exact) mass is 585 g/mol. The molecule has 1 unspecified atom stereocenters. The number of halogens is 4. The van der Waals surface area contributed by atoms with Gasteiger partial charge in [-0.05, 0) is 99.9 Å². The van der Waals surface area contributed by atoms with Crippen molar-refractivity contribution in [1.29, 1.82) is 0 Å². The number of aryl methyl sites for hydroxylation is 4. The van der Waals surface area contributed by atoms with E-state index in [0.29, 0.717) is 27.2 Å². The Morgan fingerprint density at radius 1 is 0.878 bits per heavy atom. The lowest BCUT2D eigenvalue weighted by atomic mass is 9.92. The highest BCUT2D eigenvalue weighted by Crippen LogP contribution is 2.49. The summed E-state index contributed by atoms with van der Waals surface area (Å²) in [4.78, 5) is 24.6. The highest BCUT2D eigenvalue weighted by Gasteiger charge is 2.70. The number of carbonyl (C=O) groups is 1. The van der Waals surface area contributed by atoms with Gasteiger partial charge in [0, 0.05) is 16.7 Å². The Morgan fingerprint density at radius 3 is 1.85 bits per heavy atom. The summed E-state index contributed by atoms with van der Waals surface area (Å²) >= 11 is 6.51. The Hall–Kier alpha value is -3.85. The lowest BCUT2D eigenvalue weighted by Crippen LogP contribution is -2.58. The fraction of sp³-hybridized carbons (Fsp3) is 0.323. The van der Waals surface area contributed by atoms with Crippen molar-refractivity contribution < 1.29 is 27.6 Å². The zero-order valence-corrected chi connectivity index (χ0v) is 24.9. The van der Waals surface area contributed by atoms with Gasteiger partial charge in [-0.15, -0.1) is 0 Å². The molecule has 1 heterocycles. The molecule has 4 rings (SSSR count). The summed E-state index contributed by atoms with van der Waals surface area (Å²) in [6, 6.07) is 10.7. The van der Waals surface area contributed by atoms with Gasteiger partial charge in [-0.2, -0.15) is 13.2 Å². The zero-order chi connectivity index (χ0) is 30.4. The van der Waals surface area contributed by atoms with Crippen LogP contribution >= 0.6 is 11.6 Å². The first-order valence-corrected chi connectivity index (χ1v) is 13.3. The topological polar surface area (TPSA) is 63.5 Å². The molecule has 0 fully saturated rings. The summed E-state index contributed by atoms with van der Waals surface area (Å²) in [5, 5.41) is 7.52. The Kier molecular flexibility index (Phi) is 7.97. The third kappa shape index (κ3) is 4.96. The van der Waals surface area contributed by atoms with E-state index in [0.717, 1.165) is 33.4 Å². The molecule has 0 radical (unpaired) electrons. The maximum absolute atomic E-state index is 15.1. The Bertz CT molecular complexity index is 1550. The minimum absolute atomic E-state index is 0.171. The van der Waals surface area contributed by atoms with Crippen molar-refractivity contribution >= 4 is 28.7 Å². The Morgan fingerprint density at radius 2 is 1.37 bits per heavy atom. The first kappa shape index (κ1) is 30.1. The number of benzene rings is 3. The van der Waals surface area contributed by atoms with Crippen LogP contribution in [-0.4, -0.2) is 28.2 Å². The quantitative estimate of drug-likeness (QED) is 0.176. The lowest BCUT2D eigenvalue weighted by molar-refractivity contribution is -0.311. The van der Waals surface area contributed by atoms with E-state index in [2.05, 4.69) is 10.3 Å². The third-order valence-electron chi connectivity index (χ3n) is 7.89. The number of amides is 1. The van der Waals surface area contributed by atoms with Crippen LogP contribution in [0, 0.1) is 55.4 Å². The van der Waals surface area contributed by atoms with Crippen LogP contribution in [0.4, 0.5) is 18.0 Å². The molecule has 1 atom stereocenters. The van der Waals surface area contributed by atoms with Crippen molar-refractivity contribution in [1.82, 2.24) is 4.90 Å². The second-order valence-corrected chi connectivity index (χ2v) is 10.7. The van der Waals surface area contributed by atoms with E-state index >= 15 is 13.2 Å². The van der Waals surface area contributed by atoms with E-state index in [1.54, 1.807) is 19.9 Å². The molecule has 3 aromatic rings. The maximum Gasteiger partial charge on any atom is 0.456 e. The lowest BCUT2D eigenvalue weighted by Gasteiger charge is -2.36. The third-order valence-corrected chi connectivity index (χ3v) is 8.15. The average molecular weight is 586 g/mol. The van der Waals surface area contributed by atoms with Crippen molar-refractivity contribution in [2.45, 2.75) is 67.3 Å². The molecule has 0 aliphatic carbocycles. The van der Waals surface area contributed by atoms with Gasteiger partial charge in [0.1, 0.15) is 0 Å². The molecule has 1 aliphatic rings. The molecule has 0 bridgehead atoms. The molecule has 216 valence electrons. The van der Waals surface area contributed by atoms with Gasteiger partial charge in [0.2, 0.25) is 0 Å². The fourth-order valence-corrected chi connectivity index (χ4v) is 5.46. The van der Waals surface area contributed by atoms with Gasteiger partial charge in [-0.1, -0.05) is 64.4 Å². The number of hydrogen-bond donors (Lipinski definition) is 0. The van der Waals surface area contributed by atoms with E-state index < -0.39 is 18.0 Å². The van der Waals surface area contributed by atoms with Gasteiger partial charge in [-0.25, -0.2) is 9.69 Å². The molecule has 3 aromatic carbocycles. The highest BCUT2D eigenvalue weighted by atomic mass is 35.5. The van der Waals surface area contributed by atoms with Gasteiger partial charge < -0.3 is 4.84 Å². The number of oxime groups is 2. The summed E-state index contributed by atoms with van der Waals surface area (Å²) in [6.07, 6.45) is -6.59. The fourth-order valence-electron chi connectivity index (χ4n) is 5.14. The van der Waals surface area contributed by atoms with Gasteiger partial charge in [0.25, 0.3) is 0 Å². The van der Waals surface area contributed by atoms with E-state index in [4.69, 9.17) is 21.3 Å². The molecule has 0 spiro atoms. The molecule has 1 amide bonds. The number of rotatable bonds is 4. The van der Waals surface area contributed by atoms with Crippen molar-refractivity contribution in [3.05, 3.63) is 104 Å². The predicted octanol–water partition coefficient (Wildman–Crippen LogP) is 8.30. The molecule has 10 heteroatoms. The molecule has 41 heavy (non-hydrogen) atoms. The second-order valence-electron chi connectivity index (χ2n) is 10.4. The minimum atomic E-state index is -5.13. The molecular formula is C31H31ClF3N3O3. The van der Waals surface area contributed by atoms with Crippen LogP contribution in [0.15, 0.2) is 52.8 Å². The molecule has 0 saturated heterocycles. The van der Waals surface area contributed by atoms with E-state index in [1.165, 1.54) is 24.3 Å². The normalized spacial score (nSPS) is 17.4. The number of nitrogens with zero attached hydrogens (tertiary/aromatic N) is 3. The van der Waals surface area contributed by atoms with Gasteiger partial charge in [0.05, 0.1) is 0 Å². The molecule has 0 saturated carbocycles. The summed E-state index contributed by atoms with van der Waals surface area (Å²) in [5.74, 6) is -0.344. The molecule has 0 N–H and O–H groups in total. The summed E-state index contributed by atoms with van der Waals surface area (Å²) < 4.78 is 45.3. The molecule has 6 nitrogen and oxygen atoms in total. The van der Waals surface area contributed by atoms with E-state index in [9.17, 15) is 4.79 Å². The van der Waals surface area contributed by atoms with Crippen LogP contribution in [-0.2, 0) is 15.4 Å². The Labute approximate surface area is 242 Å². The number of amidine groups is 1. The van der Waals surface area contributed by atoms with Gasteiger partial charge in [-0.3, -0.25) is 4.84 Å². The standard InChI is InChI=1S/C31H31ClF3N3O3/c1-16-14-17(2)21(6)25(20(16)5)27(32)36-40-29(39)38-28(26-22(7)18(3)15-19(4)23(26)8)37-41-30(38,31(33,34)35)24-12-10-9-11-13-24/h9-15H,1-8H3/b36-27-. The maximum atomic E-state index is 15.1. The van der Waals surface area contributed by atoms with E-state index in [-0.39, 0.29) is 16.6 Å². The van der Waals surface area contributed by atoms with Crippen LogP contribution in [0.25, 0.3) is 0 Å². The highest BCUT2D eigenvalue weighted by molar-refractivity contribution is 6.69. The largest absolute Gasteiger partial charge is 0.456 e. The average Bonchev–Trinajstić information content (AvgIpc) is 3.32. The van der Waals surface area contributed by atoms with Crippen LogP contribution in [0.1, 0.15) is 61.2 Å². The van der Waals surface area contributed by atoms with Gasteiger partial charge >= 0.3 is 18.0 Å². The van der Waals surface area contributed by atoms with Crippen LogP contribution in [0.2, 0.25) is 0 Å². The van der Waals surface area contributed by atoms with Crippen molar-refractivity contribution in [2.75, 3.05) is 0 Å². The number of carbonyl (C=O) groups excluding carboxylic acids is 1. The van der Waals surface area contributed by atoms with E-state index in [1.807, 2.05) is 53.7 Å². The zero-order valence-electron chi connectivity index (χ0n) is 24.1. The Balaban J connectivity index is 1.91. The van der Waals surface area contributed by atoms with Gasteiger partial charge in [0.15, 0.2) is 11.0 Å². The van der Waals surface area contributed by atoms with Crippen LogP contribution in [0.5, 0.6) is 0 Å². The first-order chi connectivity index (χ1) is 19.1. The van der Waals surface area contributed by atoms with Crippen LogP contribution < -0.4 is 0 Å². The summed E-state index contributed by atoms with van der Waals surface area (Å²) in [6.45, 7) is 14.6. The van der Waals surface area contributed by atoms with Crippen molar-refractivity contribution in [3.63, 3.8) is 0 Å². The first-order valence-electron chi connectivity index (χ1n) is 12.9. The molecule has 1 aliphatic heterocycles. The van der Waals surface area contributed by atoms with Crippen LogP contribution in [0.3, 0.4) is 0 Å². The predicted molar refractivity (Wildman–Crippen MR) is 153 cm³/mol. The number of hydrogen-bond acceptors (Lipinski definition) is 5. The van der Waals surface area contributed by atoms with Crippen molar-refractivity contribution in [3.8, 4) is 0 Å². The summed E-state index contributed by atoms with van der Waals surface area (Å²) in [5.41, 5.74) is 3.58. The minimum Gasteiger partial charge on any atom is -0.349 e.